The summed E-state index contributed by atoms with van der Waals surface area (Å²) in [5.74, 6) is 1.78. The molecule has 0 bridgehead atoms. The first-order valence-corrected chi connectivity index (χ1v) is 8.57. The third-order valence-corrected chi connectivity index (χ3v) is 4.32. The number of ether oxygens (including phenoxy) is 1. The van der Waals surface area contributed by atoms with Crippen LogP contribution in [0.2, 0.25) is 0 Å². The summed E-state index contributed by atoms with van der Waals surface area (Å²) in [5, 5.41) is 9.57. The van der Waals surface area contributed by atoms with Crippen molar-refractivity contribution >= 4 is 11.8 Å². The van der Waals surface area contributed by atoms with Crippen molar-refractivity contribution in [3.63, 3.8) is 0 Å². The Morgan fingerprint density at radius 1 is 0.870 bits per heavy atom. The first-order chi connectivity index (χ1) is 11.3. The quantitative estimate of drug-likeness (QED) is 0.609. The average molecular weight is 322 g/mol. The van der Waals surface area contributed by atoms with Gasteiger partial charge >= 0.3 is 0 Å². The molecule has 23 heavy (non-hydrogen) atoms. The highest BCUT2D eigenvalue weighted by Crippen LogP contribution is 2.24. The molecule has 3 rings (SSSR count). The summed E-state index contributed by atoms with van der Waals surface area (Å²) < 4.78 is 5.45. The van der Waals surface area contributed by atoms with Crippen molar-refractivity contribution in [2.24, 2.45) is 0 Å². The van der Waals surface area contributed by atoms with Gasteiger partial charge in [0.2, 0.25) is 0 Å². The summed E-state index contributed by atoms with van der Waals surface area (Å²) in [6.45, 7) is 2.65. The molecule has 3 aromatic rings. The molecule has 0 amide bonds. The smallest absolute Gasteiger partial charge is 0.119 e. The van der Waals surface area contributed by atoms with Gasteiger partial charge in [0.1, 0.15) is 10.8 Å². The van der Waals surface area contributed by atoms with Crippen molar-refractivity contribution < 1.29 is 4.74 Å². The fourth-order valence-electron chi connectivity index (χ4n) is 2.17. The minimum atomic E-state index is 0.673. The Kier molecular flexibility index (Phi) is 5.27. The summed E-state index contributed by atoms with van der Waals surface area (Å²) in [7, 11) is 0. The molecule has 0 radical (unpaired) electrons. The maximum Gasteiger partial charge on any atom is 0.119 e. The maximum atomic E-state index is 5.45. The lowest BCUT2D eigenvalue weighted by atomic mass is 10.1. The first-order valence-electron chi connectivity index (χ1n) is 7.59. The highest BCUT2D eigenvalue weighted by molar-refractivity contribution is 7.98. The van der Waals surface area contributed by atoms with Gasteiger partial charge in [-0.15, -0.1) is 10.2 Å². The van der Waals surface area contributed by atoms with Crippen LogP contribution in [0.25, 0.3) is 11.3 Å². The average Bonchev–Trinajstić information content (AvgIpc) is 2.62. The van der Waals surface area contributed by atoms with Crippen LogP contribution in [0.3, 0.4) is 0 Å². The number of nitrogens with zero attached hydrogens (tertiary/aromatic N) is 2. The van der Waals surface area contributed by atoms with E-state index in [1.54, 1.807) is 11.8 Å². The Morgan fingerprint density at radius 3 is 2.30 bits per heavy atom. The molecule has 0 unspecified atom stereocenters. The molecule has 0 atom stereocenters. The van der Waals surface area contributed by atoms with Gasteiger partial charge in [-0.25, -0.2) is 0 Å². The molecule has 0 saturated heterocycles. The lowest BCUT2D eigenvalue weighted by Gasteiger charge is -2.05. The summed E-state index contributed by atoms with van der Waals surface area (Å²) in [6, 6.07) is 22.3. The normalized spacial score (nSPS) is 10.5. The molecule has 1 heterocycles. The fourth-order valence-corrected chi connectivity index (χ4v) is 2.94. The minimum Gasteiger partial charge on any atom is -0.494 e. The summed E-state index contributed by atoms with van der Waals surface area (Å²) in [6.07, 6.45) is 0. The molecule has 0 aliphatic heterocycles. The third-order valence-electron chi connectivity index (χ3n) is 3.33. The Morgan fingerprint density at radius 2 is 1.65 bits per heavy atom. The fraction of sp³-hybridized carbons (Fsp3) is 0.158. The van der Waals surface area contributed by atoms with Crippen LogP contribution in [0.5, 0.6) is 5.75 Å². The lowest BCUT2D eigenvalue weighted by molar-refractivity contribution is 0.340. The Hall–Kier alpha value is -2.33. The van der Waals surface area contributed by atoms with Gasteiger partial charge in [0.15, 0.2) is 0 Å². The van der Waals surface area contributed by atoms with E-state index in [0.717, 1.165) is 27.8 Å². The molecule has 0 saturated carbocycles. The van der Waals surface area contributed by atoms with Crippen molar-refractivity contribution in [3.8, 4) is 17.0 Å². The van der Waals surface area contributed by atoms with Gasteiger partial charge in [-0.2, -0.15) is 0 Å². The van der Waals surface area contributed by atoms with Gasteiger partial charge in [-0.3, -0.25) is 0 Å². The van der Waals surface area contributed by atoms with Crippen LogP contribution in [0, 0.1) is 0 Å². The van der Waals surface area contributed by atoms with Gasteiger partial charge in [-0.05, 0) is 48.9 Å². The van der Waals surface area contributed by atoms with Gasteiger partial charge in [0.25, 0.3) is 0 Å². The predicted octanol–water partition coefficient (Wildman–Crippen LogP) is 4.83. The number of hydrogen-bond donors (Lipinski definition) is 0. The number of thioether (sulfide) groups is 1. The zero-order chi connectivity index (χ0) is 15.9. The Bertz CT molecular complexity index is 728. The van der Waals surface area contributed by atoms with Crippen LogP contribution < -0.4 is 4.74 Å². The minimum absolute atomic E-state index is 0.673. The first kappa shape index (κ1) is 15.6. The molecule has 116 valence electrons. The summed E-state index contributed by atoms with van der Waals surface area (Å²) >= 11 is 1.69. The zero-order valence-corrected chi connectivity index (χ0v) is 13.8. The molecule has 1 aromatic heterocycles. The number of rotatable bonds is 6. The molecule has 0 fully saturated rings. The van der Waals surface area contributed by atoms with Crippen molar-refractivity contribution in [1.82, 2.24) is 10.2 Å². The van der Waals surface area contributed by atoms with Crippen LogP contribution in [0.1, 0.15) is 12.5 Å². The largest absolute Gasteiger partial charge is 0.494 e. The van der Waals surface area contributed by atoms with E-state index in [4.69, 9.17) is 4.74 Å². The highest BCUT2D eigenvalue weighted by atomic mass is 32.2. The molecule has 0 aliphatic rings. The monoisotopic (exact) mass is 322 g/mol. The van der Waals surface area contributed by atoms with Gasteiger partial charge in [-0.1, -0.05) is 42.1 Å². The number of hydrogen-bond acceptors (Lipinski definition) is 4. The van der Waals surface area contributed by atoms with Crippen LogP contribution in [-0.4, -0.2) is 16.8 Å². The molecule has 0 aliphatic carbocycles. The third kappa shape index (κ3) is 4.33. The predicted molar refractivity (Wildman–Crippen MR) is 94.6 cm³/mol. The highest BCUT2D eigenvalue weighted by Gasteiger charge is 2.03. The van der Waals surface area contributed by atoms with E-state index < -0.39 is 0 Å². The van der Waals surface area contributed by atoms with E-state index in [-0.39, 0.29) is 0 Å². The Balaban J connectivity index is 1.64. The van der Waals surface area contributed by atoms with Crippen molar-refractivity contribution in [3.05, 3.63) is 72.3 Å². The number of benzene rings is 2. The molecular weight excluding hydrogens is 304 g/mol. The zero-order valence-electron chi connectivity index (χ0n) is 13.0. The Labute approximate surface area is 140 Å². The number of aromatic nitrogens is 2. The van der Waals surface area contributed by atoms with E-state index in [0.29, 0.717) is 6.61 Å². The summed E-state index contributed by atoms with van der Waals surface area (Å²) in [5.41, 5.74) is 3.20. The van der Waals surface area contributed by atoms with Gasteiger partial charge in [0.05, 0.1) is 12.3 Å². The maximum absolute atomic E-state index is 5.45. The molecular formula is C19H18N2OS. The van der Waals surface area contributed by atoms with Crippen LogP contribution in [0.15, 0.2) is 71.8 Å². The van der Waals surface area contributed by atoms with Crippen molar-refractivity contribution in [2.45, 2.75) is 17.7 Å². The molecule has 0 N–H and O–H groups in total. The van der Waals surface area contributed by atoms with Crippen molar-refractivity contribution in [2.75, 3.05) is 6.61 Å². The molecule has 4 heteroatoms. The van der Waals surface area contributed by atoms with Crippen LogP contribution >= 0.6 is 11.8 Å². The van der Waals surface area contributed by atoms with Crippen molar-refractivity contribution in [1.29, 1.82) is 0 Å². The second-order valence-corrected chi connectivity index (χ2v) is 5.98. The van der Waals surface area contributed by atoms with Gasteiger partial charge < -0.3 is 4.74 Å². The van der Waals surface area contributed by atoms with E-state index in [2.05, 4.69) is 34.5 Å². The standard InChI is InChI=1S/C19H18N2OS/c1-2-22-17-10-8-16(9-11-17)18-12-13-19(21-20-18)23-14-15-6-4-3-5-7-15/h3-13H,2,14H2,1H3. The van der Waals surface area contributed by atoms with E-state index in [9.17, 15) is 0 Å². The lowest BCUT2D eigenvalue weighted by Crippen LogP contribution is -1.92. The van der Waals surface area contributed by atoms with E-state index in [1.165, 1.54) is 5.56 Å². The molecule has 3 nitrogen and oxygen atoms in total. The molecule has 2 aromatic carbocycles. The SMILES string of the molecule is CCOc1ccc(-c2ccc(SCc3ccccc3)nn2)cc1. The summed E-state index contributed by atoms with van der Waals surface area (Å²) in [4.78, 5) is 0. The second kappa shape index (κ2) is 7.79. The van der Waals surface area contributed by atoms with Gasteiger partial charge in [0, 0.05) is 11.3 Å². The van der Waals surface area contributed by atoms with E-state index in [1.807, 2.05) is 49.4 Å². The molecule has 0 spiro atoms. The topological polar surface area (TPSA) is 35.0 Å². The van der Waals surface area contributed by atoms with Crippen LogP contribution in [-0.2, 0) is 5.75 Å². The van der Waals surface area contributed by atoms with E-state index >= 15 is 0 Å². The van der Waals surface area contributed by atoms with Crippen LogP contribution in [0.4, 0.5) is 0 Å². The second-order valence-electron chi connectivity index (χ2n) is 4.99.